The number of aliphatic hydroxyl groups excluding tert-OH is 11. The Morgan fingerprint density at radius 3 is 1.21 bits per heavy atom. The molecule has 0 radical (unpaired) electrons. The number of nitrogens with one attached hydrogen (secondary N) is 1. The molecular weight excluding hydrogens is 1140 g/mol. The Bertz CT molecular complexity index is 1900. The van der Waals surface area contributed by atoms with Crippen molar-refractivity contribution in [2.24, 2.45) is 0 Å². The van der Waals surface area contributed by atoms with Crippen LogP contribution in [0, 0.1) is 0 Å². The number of allylic oxidation sites excluding steroid dienone is 11. The number of hydrogen-bond acceptors (Lipinski definition) is 18. The second-order valence-corrected chi connectivity index (χ2v) is 24.6. The summed E-state index contributed by atoms with van der Waals surface area (Å²) in [6.07, 6.45) is 37.3. The molecule has 0 aromatic carbocycles. The molecule has 3 rings (SSSR count). The van der Waals surface area contributed by atoms with Crippen LogP contribution in [0.15, 0.2) is 72.9 Å². The molecule has 0 aromatic rings. The summed E-state index contributed by atoms with van der Waals surface area (Å²) in [4.78, 5) is 13.4. The van der Waals surface area contributed by atoms with Gasteiger partial charge in [0.15, 0.2) is 18.9 Å². The van der Waals surface area contributed by atoms with Gasteiger partial charge in [0.2, 0.25) is 5.91 Å². The number of carbonyl (C=O) groups excluding carboxylic acids is 1. The molecule has 89 heavy (non-hydrogen) atoms. The number of carbonyl (C=O) groups is 1. The van der Waals surface area contributed by atoms with Crippen molar-refractivity contribution in [3.63, 3.8) is 0 Å². The molecule has 0 aliphatic carbocycles. The lowest BCUT2D eigenvalue weighted by Gasteiger charge is -2.48. The fourth-order valence-corrected chi connectivity index (χ4v) is 11.4. The first kappa shape index (κ1) is 80.5. The summed E-state index contributed by atoms with van der Waals surface area (Å²) in [6.45, 7) is 1.61. The number of amides is 1. The average molecular weight is 1270 g/mol. The van der Waals surface area contributed by atoms with Gasteiger partial charge in [-0.2, -0.15) is 0 Å². The monoisotopic (exact) mass is 1270 g/mol. The van der Waals surface area contributed by atoms with Crippen LogP contribution in [0.3, 0.4) is 0 Å². The van der Waals surface area contributed by atoms with E-state index < -0.39 is 124 Å². The molecule has 0 bridgehead atoms. The van der Waals surface area contributed by atoms with Crippen LogP contribution in [0.2, 0.25) is 0 Å². The van der Waals surface area contributed by atoms with E-state index >= 15 is 0 Å². The van der Waals surface area contributed by atoms with Gasteiger partial charge in [-0.05, 0) is 64.2 Å². The molecule has 3 aliphatic rings. The summed E-state index contributed by atoms with van der Waals surface area (Å²) >= 11 is 0. The molecule has 17 atom stereocenters. The van der Waals surface area contributed by atoms with E-state index in [2.05, 4.69) is 79.9 Å². The zero-order valence-electron chi connectivity index (χ0n) is 54.4. The first-order valence-corrected chi connectivity index (χ1v) is 34.7. The number of rotatable bonds is 52. The van der Waals surface area contributed by atoms with Crippen LogP contribution in [0.1, 0.15) is 232 Å². The van der Waals surface area contributed by atoms with Crippen LogP contribution < -0.4 is 5.32 Å². The lowest BCUT2D eigenvalue weighted by molar-refractivity contribution is -0.379. The summed E-state index contributed by atoms with van der Waals surface area (Å²) < 4.78 is 34.3. The Kier molecular flexibility index (Phi) is 46.7. The molecule has 1 amide bonds. The van der Waals surface area contributed by atoms with E-state index in [-0.39, 0.29) is 18.9 Å². The summed E-state index contributed by atoms with van der Waals surface area (Å²) in [5.74, 6) is -0.279. The van der Waals surface area contributed by atoms with Gasteiger partial charge >= 0.3 is 0 Å². The van der Waals surface area contributed by atoms with Crippen LogP contribution in [-0.2, 0) is 33.2 Å². The zero-order valence-corrected chi connectivity index (χ0v) is 54.4. The summed E-state index contributed by atoms with van der Waals surface area (Å²) in [7, 11) is 0. The van der Waals surface area contributed by atoms with E-state index in [1.165, 1.54) is 122 Å². The number of unbranched alkanes of at least 4 members (excludes halogenated alkanes) is 26. The third kappa shape index (κ3) is 33.8. The van der Waals surface area contributed by atoms with E-state index in [9.17, 15) is 61.0 Å². The van der Waals surface area contributed by atoms with Gasteiger partial charge in [-0.15, -0.1) is 0 Å². The molecule has 3 saturated heterocycles. The van der Waals surface area contributed by atoms with Crippen LogP contribution in [-0.4, -0.2) is 193 Å². The maximum atomic E-state index is 13.4. The van der Waals surface area contributed by atoms with Gasteiger partial charge < -0.3 is 89.9 Å². The highest BCUT2D eigenvalue weighted by molar-refractivity contribution is 5.76. The lowest BCUT2D eigenvalue weighted by Crippen LogP contribution is -2.66. The predicted octanol–water partition coefficient (Wildman–Crippen LogP) is 8.94. The minimum absolute atomic E-state index is 0.239. The minimum atomic E-state index is -1.98. The SMILES string of the molecule is CC/C=C\C/C=C\C/C=C\C/C=C\C/C=C\CCCCCCCCCCCCCCCC(=O)NC(COC1OC(CO)C(OC2OC(CO)C(OC3OC(CO)C(O)C(O)C3O)C(O)C2O)C(O)C1O)C(O)/C=C/CCCCCCCCCCCCCCC. The average Bonchev–Trinajstić information content (AvgIpc) is 2.42. The smallest absolute Gasteiger partial charge is 0.220 e. The van der Waals surface area contributed by atoms with E-state index in [4.69, 9.17) is 28.4 Å². The standard InChI is InChI=1S/C70H123NO18/c1-3-5-7-9-11-13-15-17-19-20-21-22-23-24-25-26-27-28-29-30-31-32-34-36-38-40-42-44-46-48-58(76)71-53(54(75)47-45-43-41-39-37-35-33-18-16-14-12-10-8-6-4-2)52-84-68-64(82)61(79)66(56(50-73)86-68)89-70-65(83)62(80)67(57(51-74)87-70)88-69-63(81)60(78)59(77)55(49-72)85-69/h5,7,11,13,17,19,21-22,24-25,45,47,53-57,59-70,72-75,77-83H,3-4,6,8-10,12,14-16,18,20,23,26-44,46,48-52H2,1-2H3,(H,71,76)/b7-5-,13-11-,19-17-,22-21-,25-24-,47-45+. The Morgan fingerprint density at radius 2 is 0.775 bits per heavy atom. The van der Waals surface area contributed by atoms with Crippen molar-refractivity contribution in [2.75, 3.05) is 26.4 Å². The second kappa shape index (κ2) is 51.6. The van der Waals surface area contributed by atoms with Gasteiger partial charge in [0.25, 0.3) is 0 Å². The molecule has 19 nitrogen and oxygen atoms in total. The first-order valence-electron chi connectivity index (χ1n) is 34.7. The van der Waals surface area contributed by atoms with E-state index in [0.29, 0.717) is 6.42 Å². The Hall–Kier alpha value is -2.77. The highest BCUT2D eigenvalue weighted by Crippen LogP contribution is 2.33. The highest BCUT2D eigenvalue weighted by Gasteiger charge is 2.53. The Labute approximate surface area is 534 Å². The van der Waals surface area contributed by atoms with Crippen molar-refractivity contribution in [1.82, 2.24) is 5.32 Å². The molecule has 516 valence electrons. The number of aliphatic hydroxyl groups is 11. The number of hydrogen-bond donors (Lipinski definition) is 12. The summed E-state index contributed by atoms with van der Waals surface area (Å²) in [5.41, 5.74) is 0. The fourth-order valence-electron chi connectivity index (χ4n) is 11.4. The van der Waals surface area contributed by atoms with Gasteiger partial charge in [0.05, 0.1) is 38.6 Å². The first-order chi connectivity index (χ1) is 43.3. The predicted molar refractivity (Wildman–Crippen MR) is 346 cm³/mol. The van der Waals surface area contributed by atoms with Crippen LogP contribution in [0.5, 0.6) is 0 Å². The topological polar surface area (TPSA) is 307 Å². The van der Waals surface area contributed by atoms with Crippen molar-refractivity contribution in [2.45, 2.75) is 336 Å². The molecule has 0 spiro atoms. The van der Waals surface area contributed by atoms with Gasteiger partial charge in [-0.3, -0.25) is 4.79 Å². The van der Waals surface area contributed by atoms with Crippen LogP contribution in [0.4, 0.5) is 0 Å². The van der Waals surface area contributed by atoms with Crippen LogP contribution >= 0.6 is 0 Å². The van der Waals surface area contributed by atoms with Gasteiger partial charge in [-0.25, -0.2) is 0 Å². The molecule has 3 fully saturated rings. The summed E-state index contributed by atoms with van der Waals surface area (Å²) in [6, 6.07) is -0.977. The molecule has 3 heterocycles. The normalized spacial score (nSPS) is 28.7. The third-order valence-corrected chi connectivity index (χ3v) is 17.0. The fraction of sp³-hybridized carbons (Fsp3) is 0.814. The van der Waals surface area contributed by atoms with Crippen molar-refractivity contribution >= 4 is 5.91 Å². The maximum absolute atomic E-state index is 13.4. The molecular formula is C70H123NO18. The Morgan fingerprint density at radius 1 is 0.416 bits per heavy atom. The van der Waals surface area contributed by atoms with Gasteiger partial charge in [0, 0.05) is 6.42 Å². The number of ether oxygens (including phenoxy) is 6. The zero-order chi connectivity index (χ0) is 64.7. The van der Waals surface area contributed by atoms with Gasteiger partial charge in [-0.1, -0.05) is 234 Å². The molecule has 17 unspecified atom stereocenters. The molecule has 19 heteroatoms. The third-order valence-electron chi connectivity index (χ3n) is 17.0. The molecule has 3 aliphatic heterocycles. The quantitative estimate of drug-likeness (QED) is 0.0200. The van der Waals surface area contributed by atoms with E-state index in [1.54, 1.807) is 6.08 Å². The molecule has 0 aromatic heterocycles. The summed E-state index contributed by atoms with van der Waals surface area (Å²) in [5, 5.41) is 120. The highest BCUT2D eigenvalue weighted by atomic mass is 16.8. The largest absolute Gasteiger partial charge is 0.394 e. The molecule has 0 saturated carbocycles. The van der Waals surface area contributed by atoms with E-state index in [0.717, 1.165) is 83.5 Å². The van der Waals surface area contributed by atoms with Crippen molar-refractivity contribution in [3.05, 3.63) is 72.9 Å². The maximum Gasteiger partial charge on any atom is 0.220 e. The van der Waals surface area contributed by atoms with Crippen molar-refractivity contribution in [3.8, 4) is 0 Å². The second-order valence-electron chi connectivity index (χ2n) is 24.6. The van der Waals surface area contributed by atoms with Crippen molar-refractivity contribution in [1.29, 1.82) is 0 Å². The van der Waals surface area contributed by atoms with Crippen LogP contribution in [0.25, 0.3) is 0 Å². The van der Waals surface area contributed by atoms with Crippen molar-refractivity contribution < 1.29 is 89.4 Å². The molecule has 12 N–H and O–H groups in total. The van der Waals surface area contributed by atoms with E-state index in [1.807, 2.05) is 6.08 Å². The Balaban J connectivity index is 1.41. The van der Waals surface area contributed by atoms with Gasteiger partial charge in [0.1, 0.15) is 73.2 Å². The minimum Gasteiger partial charge on any atom is -0.394 e. The lowest BCUT2D eigenvalue weighted by atomic mass is 9.96.